The third kappa shape index (κ3) is 5.65. The molecule has 0 saturated carbocycles. The van der Waals surface area contributed by atoms with Crippen LogP contribution in [0.5, 0.6) is 0 Å². The summed E-state index contributed by atoms with van der Waals surface area (Å²) in [6, 6.07) is 11.2. The molecule has 1 aliphatic heterocycles. The van der Waals surface area contributed by atoms with Crippen LogP contribution in [0.1, 0.15) is 40.2 Å². The van der Waals surface area contributed by atoms with Crippen LogP contribution in [0.2, 0.25) is 0 Å². The molecule has 1 unspecified atom stereocenters. The second kappa shape index (κ2) is 10.7. The number of alkyl halides is 3. The Kier molecular flexibility index (Phi) is 7.73. The summed E-state index contributed by atoms with van der Waals surface area (Å²) in [6.45, 7) is 4.99. The number of anilines is 2. The number of carbonyl (C=O) groups excluding carboxylic acids is 1. The predicted octanol–water partition coefficient (Wildman–Crippen LogP) is 5.27. The van der Waals surface area contributed by atoms with Crippen molar-refractivity contribution in [3.8, 4) is 0 Å². The van der Waals surface area contributed by atoms with Gasteiger partial charge in [0.2, 0.25) is 0 Å². The molecule has 1 aliphatic rings. The van der Waals surface area contributed by atoms with Gasteiger partial charge in [0.1, 0.15) is 23.7 Å². The lowest BCUT2D eigenvalue weighted by molar-refractivity contribution is -0.140. The van der Waals surface area contributed by atoms with E-state index in [1.807, 2.05) is 50.2 Å². The van der Waals surface area contributed by atoms with E-state index in [0.29, 0.717) is 49.0 Å². The molecule has 1 N–H and O–H groups in total. The summed E-state index contributed by atoms with van der Waals surface area (Å²) in [4.78, 5) is 25.8. The van der Waals surface area contributed by atoms with Crippen molar-refractivity contribution in [2.45, 2.75) is 44.9 Å². The average molecular weight is 530 g/mol. The standard InChI is InChI=1S/C28H31F4N5O/c1-18-8-10-21(11-9-18)37(4)15-22-25(27(17-38)12-13-36(3)16-27)34-19(2)35-26(22)33-14-20-6-5-7-23(24(20)29)28(30,31)32/h5-11,17H,12-16H2,1-4H3,(H,33,34,35). The Morgan fingerprint density at radius 3 is 2.45 bits per heavy atom. The van der Waals surface area contributed by atoms with Crippen molar-refractivity contribution in [3.63, 3.8) is 0 Å². The molecular weight excluding hydrogens is 498 g/mol. The number of nitrogens with zero attached hydrogens (tertiary/aromatic N) is 4. The van der Waals surface area contributed by atoms with E-state index < -0.39 is 23.0 Å². The molecule has 38 heavy (non-hydrogen) atoms. The minimum absolute atomic E-state index is 0.138. The molecule has 0 aliphatic carbocycles. The Balaban J connectivity index is 1.76. The van der Waals surface area contributed by atoms with Gasteiger partial charge >= 0.3 is 6.18 Å². The van der Waals surface area contributed by atoms with Crippen LogP contribution in [0, 0.1) is 19.7 Å². The van der Waals surface area contributed by atoms with Gasteiger partial charge in [0.15, 0.2) is 0 Å². The van der Waals surface area contributed by atoms with Crippen LogP contribution in [0.25, 0.3) is 0 Å². The number of rotatable bonds is 8. The highest BCUT2D eigenvalue weighted by Gasteiger charge is 2.42. The SMILES string of the molecule is Cc1ccc(N(C)Cc2c(NCc3cccc(C(F)(F)F)c3F)nc(C)nc2C2(C=O)CCN(C)C2)cc1. The minimum Gasteiger partial charge on any atom is -0.370 e. The Hall–Kier alpha value is -3.53. The van der Waals surface area contributed by atoms with Crippen LogP contribution < -0.4 is 10.2 Å². The third-order valence-electron chi connectivity index (χ3n) is 7.01. The maximum Gasteiger partial charge on any atom is 0.419 e. The van der Waals surface area contributed by atoms with Gasteiger partial charge in [0.05, 0.1) is 16.7 Å². The van der Waals surface area contributed by atoms with Crippen molar-refractivity contribution in [2.24, 2.45) is 0 Å². The number of aromatic nitrogens is 2. The average Bonchev–Trinajstić information content (AvgIpc) is 3.26. The van der Waals surface area contributed by atoms with Crippen LogP contribution in [-0.4, -0.2) is 48.3 Å². The smallest absolute Gasteiger partial charge is 0.370 e. The number of aryl methyl sites for hydroxylation is 2. The first-order valence-corrected chi connectivity index (χ1v) is 12.3. The third-order valence-corrected chi connectivity index (χ3v) is 7.01. The van der Waals surface area contributed by atoms with Gasteiger partial charge in [-0.25, -0.2) is 14.4 Å². The van der Waals surface area contributed by atoms with Gasteiger partial charge in [0.25, 0.3) is 0 Å². The summed E-state index contributed by atoms with van der Waals surface area (Å²) in [6.07, 6.45) is -3.29. The first kappa shape index (κ1) is 27.5. The van der Waals surface area contributed by atoms with Crippen molar-refractivity contribution in [3.05, 3.63) is 82.1 Å². The molecule has 0 radical (unpaired) electrons. The Labute approximate surface area is 219 Å². The lowest BCUT2D eigenvalue weighted by Gasteiger charge is -2.29. The summed E-state index contributed by atoms with van der Waals surface area (Å²) in [5.41, 5.74) is 0.958. The Morgan fingerprint density at radius 2 is 1.84 bits per heavy atom. The number of likely N-dealkylation sites (tertiary alicyclic amines) is 1. The van der Waals surface area contributed by atoms with Gasteiger partial charge in [0, 0.05) is 43.5 Å². The second-order valence-electron chi connectivity index (χ2n) is 10.0. The first-order chi connectivity index (χ1) is 17.9. The molecule has 0 bridgehead atoms. The van der Waals surface area contributed by atoms with Crippen LogP contribution in [0.4, 0.5) is 29.1 Å². The van der Waals surface area contributed by atoms with Crippen LogP contribution in [-0.2, 0) is 29.5 Å². The highest BCUT2D eigenvalue weighted by molar-refractivity contribution is 5.71. The van der Waals surface area contributed by atoms with Crippen molar-refractivity contribution in [1.29, 1.82) is 0 Å². The Morgan fingerprint density at radius 1 is 1.13 bits per heavy atom. The largest absolute Gasteiger partial charge is 0.419 e. The van der Waals surface area contributed by atoms with Crippen molar-refractivity contribution in [2.75, 3.05) is 37.4 Å². The number of aldehydes is 1. The minimum atomic E-state index is -4.80. The van der Waals surface area contributed by atoms with Crippen molar-refractivity contribution < 1.29 is 22.4 Å². The van der Waals surface area contributed by atoms with Gasteiger partial charge in [-0.15, -0.1) is 0 Å². The molecule has 6 nitrogen and oxygen atoms in total. The summed E-state index contributed by atoms with van der Waals surface area (Å²) in [5, 5.41) is 3.06. The zero-order valence-electron chi connectivity index (χ0n) is 21.9. The van der Waals surface area contributed by atoms with E-state index in [4.69, 9.17) is 4.98 Å². The molecule has 1 fully saturated rings. The van der Waals surface area contributed by atoms with Crippen LogP contribution >= 0.6 is 0 Å². The predicted molar refractivity (Wildman–Crippen MR) is 139 cm³/mol. The quantitative estimate of drug-likeness (QED) is 0.317. The number of halogens is 4. The van der Waals surface area contributed by atoms with Gasteiger partial charge in [-0.05, 0) is 52.1 Å². The molecule has 0 amide bonds. The number of benzene rings is 2. The van der Waals surface area contributed by atoms with Gasteiger partial charge in [-0.3, -0.25) is 0 Å². The summed E-state index contributed by atoms with van der Waals surface area (Å²) >= 11 is 0. The van der Waals surface area contributed by atoms with E-state index in [1.54, 1.807) is 6.92 Å². The number of likely N-dealkylation sites (N-methyl/N-ethyl adjacent to an activating group) is 1. The van der Waals surface area contributed by atoms with E-state index in [-0.39, 0.29) is 12.1 Å². The number of hydrogen-bond donors (Lipinski definition) is 1. The molecule has 202 valence electrons. The fraction of sp³-hybridized carbons (Fsp3) is 0.393. The van der Waals surface area contributed by atoms with Gasteiger partial charge in [-0.2, -0.15) is 13.2 Å². The molecule has 1 saturated heterocycles. The molecule has 0 spiro atoms. The first-order valence-electron chi connectivity index (χ1n) is 12.3. The van der Waals surface area contributed by atoms with Gasteiger partial charge < -0.3 is 19.9 Å². The zero-order chi connectivity index (χ0) is 27.7. The maximum absolute atomic E-state index is 14.7. The lowest BCUT2D eigenvalue weighted by atomic mass is 9.82. The van der Waals surface area contributed by atoms with Crippen molar-refractivity contribution in [1.82, 2.24) is 14.9 Å². The monoisotopic (exact) mass is 529 g/mol. The normalized spacial score (nSPS) is 18.0. The van der Waals surface area contributed by atoms with E-state index in [2.05, 4.69) is 15.2 Å². The summed E-state index contributed by atoms with van der Waals surface area (Å²) in [7, 11) is 3.84. The fourth-order valence-corrected chi connectivity index (χ4v) is 4.92. The fourth-order valence-electron chi connectivity index (χ4n) is 4.92. The number of carbonyl (C=O) groups is 1. The molecule has 10 heteroatoms. The zero-order valence-corrected chi connectivity index (χ0v) is 21.9. The summed E-state index contributed by atoms with van der Waals surface area (Å²) < 4.78 is 54.5. The topological polar surface area (TPSA) is 61.4 Å². The number of nitrogens with one attached hydrogen (secondary N) is 1. The molecule has 1 aromatic heterocycles. The van der Waals surface area contributed by atoms with E-state index in [0.717, 1.165) is 23.6 Å². The molecule has 4 rings (SSSR count). The molecule has 3 aromatic rings. The van der Waals surface area contributed by atoms with Crippen LogP contribution in [0.3, 0.4) is 0 Å². The number of hydrogen-bond acceptors (Lipinski definition) is 6. The second-order valence-corrected chi connectivity index (χ2v) is 10.0. The van der Waals surface area contributed by atoms with Crippen molar-refractivity contribution >= 4 is 17.8 Å². The lowest BCUT2D eigenvalue weighted by Crippen LogP contribution is -2.35. The molecule has 2 heterocycles. The van der Waals surface area contributed by atoms with E-state index in [9.17, 15) is 22.4 Å². The van der Waals surface area contributed by atoms with Gasteiger partial charge in [-0.1, -0.05) is 29.8 Å². The molecular formula is C28H31F4N5O. The van der Waals surface area contributed by atoms with E-state index >= 15 is 0 Å². The summed E-state index contributed by atoms with van der Waals surface area (Å²) in [5.74, 6) is -0.554. The molecule has 2 aromatic carbocycles. The highest BCUT2D eigenvalue weighted by Crippen LogP contribution is 2.37. The molecule has 1 atom stereocenters. The Bertz CT molecular complexity index is 1310. The maximum atomic E-state index is 14.7. The highest BCUT2D eigenvalue weighted by atomic mass is 19.4. The van der Waals surface area contributed by atoms with Crippen LogP contribution in [0.15, 0.2) is 42.5 Å². The van der Waals surface area contributed by atoms with E-state index in [1.165, 1.54) is 12.1 Å².